The fourth-order valence-corrected chi connectivity index (χ4v) is 2.76. The van der Waals surface area contributed by atoms with E-state index < -0.39 is 0 Å². The zero-order valence-corrected chi connectivity index (χ0v) is 11.2. The van der Waals surface area contributed by atoms with Gasteiger partial charge in [0, 0.05) is 22.6 Å². The summed E-state index contributed by atoms with van der Waals surface area (Å²) in [5, 5.41) is 13.4. The molecule has 0 spiro atoms. The Morgan fingerprint density at radius 1 is 1.25 bits per heavy atom. The van der Waals surface area contributed by atoms with Gasteiger partial charge in [0.25, 0.3) is 5.91 Å². The first-order chi connectivity index (χ1) is 9.61. The van der Waals surface area contributed by atoms with Crippen LogP contribution in [-0.4, -0.2) is 28.1 Å². The van der Waals surface area contributed by atoms with E-state index in [1.165, 1.54) is 0 Å². The Kier molecular flexibility index (Phi) is 3.36. The number of nitrogens with two attached hydrogens (primary N) is 1. The standard InChI is InChI=1S/C15H19N3O2/c16-10-1-6-13-9(7-10)8-14(18-13)15(20)17-11-2-4-12(19)5-3-11/h1,6-8,11-12,18-19H,2-5,16H2,(H,17,20). The van der Waals surface area contributed by atoms with Gasteiger partial charge in [-0.2, -0.15) is 0 Å². The van der Waals surface area contributed by atoms with E-state index in [0.29, 0.717) is 11.4 Å². The third-order valence-corrected chi connectivity index (χ3v) is 3.92. The Labute approximate surface area is 117 Å². The number of carbonyl (C=O) groups is 1. The summed E-state index contributed by atoms with van der Waals surface area (Å²) >= 11 is 0. The highest BCUT2D eigenvalue weighted by Gasteiger charge is 2.21. The number of carbonyl (C=O) groups excluding carboxylic acids is 1. The number of nitrogens with one attached hydrogen (secondary N) is 2. The van der Waals surface area contributed by atoms with Crippen molar-refractivity contribution in [1.82, 2.24) is 10.3 Å². The van der Waals surface area contributed by atoms with Crippen molar-refractivity contribution in [2.24, 2.45) is 0 Å². The van der Waals surface area contributed by atoms with Crippen LogP contribution in [0, 0.1) is 0 Å². The lowest BCUT2D eigenvalue weighted by Crippen LogP contribution is -2.38. The quantitative estimate of drug-likeness (QED) is 0.629. The first-order valence-corrected chi connectivity index (χ1v) is 6.99. The van der Waals surface area contributed by atoms with Crippen molar-refractivity contribution in [1.29, 1.82) is 0 Å². The third kappa shape index (κ3) is 2.63. The molecule has 0 unspecified atom stereocenters. The molecule has 3 rings (SSSR count). The minimum atomic E-state index is -0.209. The summed E-state index contributed by atoms with van der Waals surface area (Å²) < 4.78 is 0. The van der Waals surface area contributed by atoms with Crippen LogP contribution in [0.15, 0.2) is 24.3 Å². The lowest BCUT2D eigenvalue weighted by Gasteiger charge is -2.25. The largest absolute Gasteiger partial charge is 0.399 e. The Morgan fingerprint density at radius 2 is 2.00 bits per heavy atom. The van der Waals surface area contributed by atoms with E-state index in [9.17, 15) is 9.90 Å². The van der Waals surface area contributed by atoms with Crippen LogP contribution in [0.25, 0.3) is 10.9 Å². The molecule has 0 saturated heterocycles. The zero-order valence-electron chi connectivity index (χ0n) is 11.2. The number of aliphatic hydroxyl groups is 1. The summed E-state index contributed by atoms with van der Waals surface area (Å²) in [6, 6.07) is 7.50. The molecule has 106 valence electrons. The Morgan fingerprint density at radius 3 is 2.75 bits per heavy atom. The molecule has 1 heterocycles. The summed E-state index contributed by atoms with van der Waals surface area (Å²) in [5.41, 5.74) is 7.88. The highest BCUT2D eigenvalue weighted by atomic mass is 16.3. The number of rotatable bonds is 2. The molecule has 1 aliphatic carbocycles. The van der Waals surface area contributed by atoms with Crippen LogP contribution in [0.4, 0.5) is 5.69 Å². The van der Waals surface area contributed by atoms with Crippen molar-refractivity contribution in [2.45, 2.75) is 37.8 Å². The molecule has 1 aromatic heterocycles. The predicted molar refractivity (Wildman–Crippen MR) is 78.4 cm³/mol. The first kappa shape index (κ1) is 13.0. The van der Waals surface area contributed by atoms with Gasteiger partial charge in [0.15, 0.2) is 0 Å². The number of nitrogen functional groups attached to an aromatic ring is 1. The van der Waals surface area contributed by atoms with Crippen molar-refractivity contribution in [3.05, 3.63) is 30.0 Å². The van der Waals surface area contributed by atoms with E-state index in [-0.39, 0.29) is 18.1 Å². The van der Waals surface area contributed by atoms with Gasteiger partial charge in [-0.05, 0) is 49.9 Å². The maximum absolute atomic E-state index is 12.2. The maximum atomic E-state index is 12.2. The van der Waals surface area contributed by atoms with Crippen molar-refractivity contribution in [2.75, 3.05) is 5.73 Å². The van der Waals surface area contributed by atoms with E-state index in [1.807, 2.05) is 24.3 Å². The molecule has 0 radical (unpaired) electrons. The van der Waals surface area contributed by atoms with Gasteiger partial charge < -0.3 is 21.1 Å². The Hall–Kier alpha value is -2.01. The van der Waals surface area contributed by atoms with Crippen LogP contribution < -0.4 is 11.1 Å². The molecule has 5 heteroatoms. The first-order valence-electron chi connectivity index (χ1n) is 6.99. The summed E-state index contributed by atoms with van der Waals surface area (Å²) in [5.74, 6) is -0.0961. The monoisotopic (exact) mass is 273 g/mol. The van der Waals surface area contributed by atoms with Crippen LogP contribution in [-0.2, 0) is 0 Å². The minimum Gasteiger partial charge on any atom is -0.399 e. The molecule has 1 amide bonds. The van der Waals surface area contributed by atoms with Gasteiger partial charge in [0.05, 0.1) is 6.10 Å². The number of benzene rings is 1. The number of H-pyrrole nitrogens is 1. The van der Waals surface area contributed by atoms with Gasteiger partial charge in [0.1, 0.15) is 5.69 Å². The number of aromatic nitrogens is 1. The molecule has 0 aliphatic heterocycles. The third-order valence-electron chi connectivity index (χ3n) is 3.92. The van der Waals surface area contributed by atoms with Gasteiger partial charge in [-0.3, -0.25) is 4.79 Å². The van der Waals surface area contributed by atoms with E-state index >= 15 is 0 Å². The summed E-state index contributed by atoms with van der Waals surface area (Å²) in [4.78, 5) is 15.3. The lowest BCUT2D eigenvalue weighted by atomic mass is 9.93. The molecular formula is C15H19N3O2. The molecule has 2 aromatic rings. The second-order valence-electron chi connectivity index (χ2n) is 5.51. The highest BCUT2D eigenvalue weighted by molar-refractivity contribution is 5.98. The molecule has 0 bridgehead atoms. The molecule has 1 fully saturated rings. The Balaban J connectivity index is 1.72. The fourth-order valence-electron chi connectivity index (χ4n) is 2.76. The molecule has 1 aliphatic rings. The number of amides is 1. The van der Waals surface area contributed by atoms with Gasteiger partial charge in [-0.25, -0.2) is 0 Å². The molecule has 1 saturated carbocycles. The summed E-state index contributed by atoms with van der Waals surface area (Å²) in [6.07, 6.45) is 2.97. The maximum Gasteiger partial charge on any atom is 0.267 e. The van der Waals surface area contributed by atoms with Crippen LogP contribution in [0.3, 0.4) is 0 Å². The number of aromatic amines is 1. The fraction of sp³-hybridized carbons (Fsp3) is 0.400. The van der Waals surface area contributed by atoms with E-state index in [1.54, 1.807) is 0 Å². The van der Waals surface area contributed by atoms with E-state index in [0.717, 1.165) is 36.6 Å². The van der Waals surface area contributed by atoms with Crippen molar-refractivity contribution >= 4 is 22.5 Å². The van der Waals surface area contributed by atoms with Crippen LogP contribution in [0.5, 0.6) is 0 Å². The van der Waals surface area contributed by atoms with Crippen LogP contribution in [0.2, 0.25) is 0 Å². The van der Waals surface area contributed by atoms with Crippen molar-refractivity contribution < 1.29 is 9.90 Å². The number of hydrogen-bond donors (Lipinski definition) is 4. The van der Waals surface area contributed by atoms with Gasteiger partial charge >= 0.3 is 0 Å². The zero-order chi connectivity index (χ0) is 14.1. The summed E-state index contributed by atoms with van der Waals surface area (Å²) in [6.45, 7) is 0. The topological polar surface area (TPSA) is 91.1 Å². The van der Waals surface area contributed by atoms with Gasteiger partial charge in [0.2, 0.25) is 0 Å². The second kappa shape index (κ2) is 5.17. The number of fused-ring (bicyclic) bond motifs is 1. The molecular weight excluding hydrogens is 254 g/mol. The van der Waals surface area contributed by atoms with Crippen LogP contribution >= 0.6 is 0 Å². The van der Waals surface area contributed by atoms with Crippen molar-refractivity contribution in [3.8, 4) is 0 Å². The number of anilines is 1. The molecule has 1 aromatic carbocycles. The van der Waals surface area contributed by atoms with Gasteiger partial charge in [-0.1, -0.05) is 0 Å². The van der Waals surface area contributed by atoms with Crippen LogP contribution in [0.1, 0.15) is 36.2 Å². The van der Waals surface area contributed by atoms with E-state index in [4.69, 9.17) is 5.73 Å². The minimum absolute atomic E-state index is 0.0961. The number of hydrogen-bond acceptors (Lipinski definition) is 3. The second-order valence-corrected chi connectivity index (χ2v) is 5.51. The average molecular weight is 273 g/mol. The van der Waals surface area contributed by atoms with E-state index in [2.05, 4.69) is 10.3 Å². The molecule has 20 heavy (non-hydrogen) atoms. The molecule has 5 nitrogen and oxygen atoms in total. The molecule has 0 atom stereocenters. The summed E-state index contributed by atoms with van der Waals surface area (Å²) in [7, 11) is 0. The lowest BCUT2D eigenvalue weighted by molar-refractivity contribution is 0.0864. The SMILES string of the molecule is Nc1ccc2[nH]c(C(=O)NC3CCC(O)CC3)cc2c1. The van der Waals surface area contributed by atoms with Gasteiger partial charge in [-0.15, -0.1) is 0 Å². The smallest absolute Gasteiger partial charge is 0.267 e. The molecule has 5 N–H and O–H groups in total. The normalized spacial score (nSPS) is 22.9. The highest BCUT2D eigenvalue weighted by Crippen LogP contribution is 2.21. The van der Waals surface area contributed by atoms with Crippen molar-refractivity contribution in [3.63, 3.8) is 0 Å². The number of aliphatic hydroxyl groups excluding tert-OH is 1. The Bertz CT molecular complexity index is 627. The average Bonchev–Trinajstić information content (AvgIpc) is 2.84. The predicted octanol–water partition coefficient (Wildman–Crippen LogP) is 1.78.